The molecule has 0 spiro atoms. The third kappa shape index (κ3) is 130000. The Labute approximate surface area is 50.0 Å². The molecule has 0 radical (unpaired) electrons. The van der Waals surface area contributed by atoms with E-state index < -0.39 is 5.09 Å². The van der Waals surface area contributed by atoms with Crippen LogP contribution in [0.25, 0.3) is 0 Å². The topological polar surface area (TPSA) is 66.2 Å². The minimum absolute atomic E-state index is 0. The van der Waals surface area contributed by atoms with Crippen molar-refractivity contribution in [3.05, 3.63) is 15.3 Å². The Kier molecular flexibility index (Phi) is 24.7. The van der Waals surface area contributed by atoms with Crippen LogP contribution >= 0.6 is 0 Å². The van der Waals surface area contributed by atoms with E-state index in [9.17, 15) is 0 Å². The molecule has 0 saturated carbocycles. The molecule has 0 aromatic rings. The van der Waals surface area contributed by atoms with Crippen molar-refractivity contribution in [2.45, 2.75) is 0 Å². The largest absolute Gasteiger partial charge is 2.00 e. The monoisotopic (exact) mass is 155 g/mol. The Morgan fingerprint density at radius 3 is 1.33 bits per heavy atom. The number of nitrogens with zero attached hydrogens (tertiary/aromatic N) is 1. The van der Waals surface area contributed by atoms with Crippen LogP contribution in [0.1, 0.15) is 0 Å². The predicted octanol–water partition coefficient (Wildman–Crippen LogP) is -3.24. The van der Waals surface area contributed by atoms with Crippen molar-refractivity contribution in [3.63, 3.8) is 0 Å². The summed E-state index contributed by atoms with van der Waals surface area (Å²) in [6.45, 7) is 0. The van der Waals surface area contributed by atoms with Crippen LogP contribution in [0.2, 0.25) is 0 Å². The van der Waals surface area contributed by atoms with Crippen molar-refractivity contribution in [2.75, 3.05) is 0 Å². The van der Waals surface area contributed by atoms with Gasteiger partial charge in [0.1, 0.15) is 0 Å². The minimum Gasteiger partial charge on any atom is -1.00 e. The van der Waals surface area contributed by atoms with Gasteiger partial charge in [0.2, 0.25) is 0 Å². The summed E-state index contributed by atoms with van der Waals surface area (Å²) in [6, 6.07) is 0. The second-order valence-electron chi connectivity index (χ2n) is 0.224. The number of hydrogen-bond donors (Lipinski definition) is 0. The molecule has 0 bridgehead atoms. The van der Waals surface area contributed by atoms with Gasteiger partial charge in [-0.3, -0.25) is 0 Å². The molecule has 40 valence electrons. The number of rotatable bonds is 0. The normalized spacial score (nSPS) is 4.00. The molecule has 6 heteroatoms. The fourth-order valence-corrected chi connectivity index (χ4v) is 0. The molecule has 0 aliphatic heterocycles. The zero-order valence-electron chi connectivity index (χ0n) is 2.37. The van der Waals surface area contributed by atoms with E-state index in [1.165, 1.54) is 0 Å². The average Bonchev–Trinajstić information content (AvgIpc) is 0.811. The van der Waals surface area contributed by atoms with Gasteiger partial charge in [-0.15, -0.1) is 0 Å². The van der Waals surface area contributed by atoms with Crippen LogP contribution < -0.4 is 12.4 Å². The first-order valence-corrected chi connectivity index (χ1v) is 0.548. The van der Waals surface area contributed by atoms with Crippen LogP contribution in [-0.2, 0) is 16.5 Å². The quantitative estimate of drug-likeness (QED) is 0.210. The first-order valence-electron chi connectivity index (χ1n) is 0.548. The maximum atomic E-state index is 8.25. The van der Waals surface area contributed by atoms with E-state index in [0.717, 1.165) is 0 Å². The third-order valence-electron chi connectivity index (χ3n) is 0. The molecule has 0 aromatic heterocycles. The minimum atomic E-state index is -1.75. The molecule has 0 aromatic carbocycles. The van der Waals surface area contributed by atoms with Gasteiger partial charge in [0.15, 0.2) is 0 Å². The molecular weight excluding hydrogens is 156 g/mol. The van der Waals surface area contributed by atoms with Crippen LogP contribution in [0.15, 0.2) is 0 Å². The Morgan fingerprint density at radius 2 is 1.33 bits per heavy atom. The van der Waals surface area contributed by atoms with Crippen molar-refractivity contribution in [3.8, 4) is 0 Å². The standard InChI is InChI=1S/ClH.NO3.Ni/c;2-1(3)4;/h1H;;/q;-1;+2/p-1. The summed E-state index contributed by atoms with van der Waals surface area (Å²) < 4.78 is 0. The molecule has 0 aliphatic carbocycles. The predicted molar refractivity (Wildman–Crippen MR) is 10.4 cm³/mol. The summed E-state index contributed by atoms with van der Waals surface area (Å²) in [6.07, 6.45) is 0. The molecule has 6 heavy (non-hydrogen) atoms. The first-order chi connectivity index (χ1) is 1.73. The molecule has 0 N–H and O–H groups in total. The summed E-state index contributed by atoms with van der Waals surface area (Å²) in [5, 5.41) is 14.8. The molecule has 0 aliphatic rings. The Morgan fingerprint density at radius 1 is 1.33 bits per heavy atom. The summed E-state index contributed by atoms with van der Waals surface area (Å²) >= 11 is 0. The van der Waals surface area contributed by atoms with Crippen molar-refractivity contribution in [1.82, 2.24) is 0 Å². The Bertz CT molecular complexity index is 33.8. The van der Waals surface area contributed by atoms with E-state index in [-0.39, 0.29) is 28.9 Å². The molecule has 0 rings (SSSR count). The van der Waals surface area contributed by atoms with Crippen LogP contribution in [0.5, 0.6) is 0 Å². The van der Waals surface area contributed by atoms with Crippen LogP contribution in [-0.4, -0.2) is 5.09 Å². The van der Waals surface area contributed by atoms with Crippen molar-refractivity contribution < 1.29 is 34.0 Å². The van der Waals surface area contributed by atoms with Gasteiger partial charge >= 0.3 is 16.5 Å². The Hall–Kier alpha value is -0.0165. The van der Waals surface area contributed by atoms with Gasteiger partial charge in [-0.25, -0.2) is 0 Å². The van der Waals surface area contributed by atoms with Crippen LogP contribution in [0.3, 0.4) is 0 Å². The SMILES string of the molecule is O=[N+]([O-])[O-].[Cl-].[Ni+2]. The summed E-state index contributed by atoms with van der Waals surface area (Å²) in [4.78, 5) is 8.25. The van der Waals surface area contributed by atoms with Crippen LogP contribution in [0, 0.1) is 15.3 Å². The molecule has 0 amide bonds. The molecule has 0 heterocycles. The molecule has 0 unspecified atom stereocenters. The van der Waals surface area contributed by atoms with E-state index >= 15 is 0 Å². The molecule has 4 nitrogen and oxygen atoms in total. The van der Waals surface area contributed by atoms with Crippen molar-refractivity contribution >= 4 is 0 Å². The Balaban J connectivity index is -0.0000000450. The van der Waals surface area contributed by atoms with Gasteiger partial charge in [0, 0.05) is 0 Å². The molecular formula is ClNNiO3. The van der Waals surface area contributed by atoms with Crippen molar-refractivity contribution in [2.24, 2.45) is 0 Å². The van der Waals surface area contributed by atoms with E-state index in [2.05, 4.69) is 0 Å². The number of hydrogen-bond acceptors (Lipinski definition) is 3. The van der Waals surface area contributed by atoms with Gasteiger partial charge in [-0.1, -0.05) is 0 Å². The van der Waals surface area contributed by atoms with E-state index in [1.807, 2.05) is 0 Å². The molecule has 0 atom stereocenters. The van der Waals surface area contributed by atoms with Gasteiger partial charge in [0.25, 0.3) is 0 Å². The zero-order chi connectivity index (χ0) is 3.58. The zero-order valence-corrected chi connectivity index (χ0v) is 4.11. The van der Waals surface area contributed by atoms with Gasteiger partial charge < -0.3 is 27.7 Å². The summed E-state index contributed by atoms with van der Waals surface area (Å²) in [5.41, 5.74) is 0. The van der Waals surface area contributed by atoms with Gasteiger partial charge in [0.05, 0.1) is 5.09 Å². The first kappa shape index (κ1) is 16.7. The maximum Gasteiger partial charge on any atom is 2.00 e. The van der Waals surface area contributed by atoms with E-state index in [4.69, 9.17) is 15.3 Å². The molecule has 0 saturated heterocycles. The second kappa shape index (κ2) is 8.88. The smallest absolute Gasteiger partial charge is 1.00 e. The second-order valence-corrected chi connectivity index (χ2v) is 0.224. The van der Waals surface area contributed by atoms with Gasteiger partial charge in [-0.05, 0) is 0 Å². The summed E-state index contributed by atoms with van der Waals surface area (Å²) in [5.74, 6) is 0. The fourth-order valence-electron chi connectivity index (χ4n) is 0. The summed E-state index contributed by atoms with van der Waals surface area (Å²) in [7, 11) is 0. The van der Waals surface area contributed by atoms with Crippen LogP contribution in [0.4, 0.5) is 0 Å². The average molecular weight is 156 g/mol. The maximum absolute atomic E-state index is 8.25. The van der Waals surface area contributed by atoms with E-state index in [0.29, 0.717) is 0 Å². The number of halogens is 1. The fraction of sp³-hybridized carbons (Fsp3) is 0. The van der Waals surface area contributed by atoms with Crippen molar-refractivity contribution in [1.29, 1.82) is 0 Å². The third-order valence-corrected chi connectivity index (χ3v) is 0. The van der Waals surface area contributed by atoms with E-state index in [1.54, 1.807) is 0 Å². The molecule has 0 fully saturated rings. The van der Waals surface area contributed by atoms with Gasteiger partial charge in [-0.2, -0.15) is 0 Å².